The molecule has 0 atom stereocenters. The molecule has 0 unspecified atom stereocenters. The van der Waals surface area contributed by atoms with Crippen LogP contribution in [0.4, 0.5) is 5.69 Å². The lowest BCUT2D eigenvalue weighted by molar-refractivity contribution is 0.581. The number of fused-ring (bicyclic) bond motifs is 1. The summed E-state index contributed by atoms with van der Waals surface area (Å²) in [5, 5.41) is 0.972. The molecule has 0 amide bonds. The van der Waals surface area contributed by atoms with Gasteiger partial charge in [-0.3, -0.25) is 0 Å². The molecule has 7 heteroatoms. The summed E-state index contributed by atoms with van der Waals surface area (Å²) < 4.78 is 27.8. The van der Waals surface area contributed by atoms with E-state index in [0.717, 1.165) is 36.5 Å². The van der Waals surface area contributed by atoms with Crippen LogP contribution in [-0.4, -0.2) is 33.5 Å². The first-order valence-electron chi connectivity index (χ1n) is 8.27. The van der Waals surface area contributed by atoms with Crippen molar-refractivity contribution < 1.29 is 8.42 Å². The maximum atomic E-state index is 12.5. The summed E-state index contributed by atoms with van der Waals surface area (Å²) in [5.74, 6) is 0. The van der Waals surface area contributed by atoms with Crippen molar-refractivity contribution in [2.45, 2.75) is 37.5 Å². The molecule has 0 saturated heterocycles. The zero-order valence-corrected chi connectivity index (χ0v) is 15.7. The molecule has 130 valence electrons. The summed E-state index contributed by atoms with van der Waals surface area (Å²) in [6.07, 6.45) is 5.58. The summed E-state index contributed by atoms with van der Waals surface area (Å²) in [7, 11) is -1.48. The molecular weight excluding hydrogens is 342 g/mol. The Balaban J connectivity index is 1.68. The van der Waals surface area contributed by atoms with E-state index in [2.05, 4.69) is 21.5 Å². The Kier molecular flexibility index (Phi) is 5.22. The number of benzene rings is 1. The van der Waals surface area contributed by atoms with Crippen molar-refractivity contribution in [2.24, 2.45) is 0 Å². The fraction of sp³-hybridized carbons (Fsp3) is 0.471. The molecule has 5 nitrogen and oxygen atoms in total. The predicted molar refractivity (Wildman–Crippen MR) is 98.4 cm³/mol. The first-order chi connectivity index (χ1) is 11.5. The Hall–Kier alpha value is -1.44. The van der Waals surface area contributed by atoms with E-state index < -0.39 is 10.0 Å². The van der Waals surface area contributed by atoms with Crippen molar-refractivity contribution >= 4 is 27.0 Å². The average molecular weight is 366 g/mol. The van der Waals surface area contributed by atoms with E-state index in [0.29, 0.717) is 17.9 Å². The maximum absolute atomic E-state index is 12.5. The van der Waals surface area contributed by atoms with Gasteiger partial charge in [-0.1, -0.05) is 13.0 Å². The number of anilines is 1. The van der Waals surface area contributed by atoms with Crippen LogP contribution in [-0.2, 0) is 29.3 Å². The summed E-state index contributed by atoms with van der Waals surface area (Å²) in [4.78, 5) is 8.01. The van der Waals surface area contributed by atoms with Crippen LogP contribution in [0.15, 0.2) is 29.3 Å². The quantitative estimate of drug-likeness (QED) is 0.855. The van der Waals surface area contributed by atoms with E-state index in [4.69, 9.17) is 0 Å². The average Bonchev–Trinajstić information content (AvgIpc) is 3.03. The van der Waals surface area contributed by atoms with Crippen LogP contribution in [0.1, 0.15) is 28.8 Å². The van der Waals surface area contributed by atoms with Crippen molar-refractivity contribution in [3.63, 3.8) is 0 Å². The van der Waals surface area contributed by atoms with Crippen molar-refractivity contribution in [1.29, 1.82) is 0 Å². The van der Waals surface area contributed by atoms with Crippen LogP contribution in [0.2, 0.25) is 0 Å². The van der Waals surface area contributed by atoms with Crippen molar-refractivity contribution in [3.05, 3.63) is 39.8 Å². The fourth-order valence-corrected chi connectivity index (χ4v) is 4.82. The zero-order valence-electron chi connectivity index (χ0n) is 14.1. The van der Waals surface area contributed by atoms with Crippen LogP contribution >= 0.6 is 11.3 Å². The third kappa shape index (κ3) is 3.79. The smallest absolute Gasteiger partial charge is 0.240 e. The standard InChI is InChI=1S/C17H23N3O2S2/c1-3-14-12-18-17(23-14)8-9-19-24(21,22)15-7-6-13-5-4-10-20(2)16(13)11-15/h6-7,11-12,19H,3-5,8-10H2,1-2H3. The molecule has 0 bridgehead atoms. The monoisotopic (exact) mass is 365 g/mol. The first kappa shape index (κ1) is 17.4. The lowest BCUT2D eigenvalue weighted by Gasteiger charge is -2.27. The second kappa shape index (κ2) is 7.21. The van der Waals surface area contributed by atoms with Crippen molar-refractivity contribution in [1.82, 2.24) is 9.71 Å². The van der Waals surface area contributed by atoms with Gasteiger partial charge in [0.2, 0.25) is 10.0 Å². The van der Waals surface area contributed by atoms with E-state index in [-0.39, 0.29) is 0 Å². The summed E-state index contributed by atoms with van der Waals surface area (Å²) in [6, 6.07) is 5.43. The van der Waals surface area contributed by atoms with E-state index in [9.17, 15) is 8.42 Å². The van der Waals surface area contributed by atoms with Crippen LogP contribution < -0.4 is 9.62 Å². The maximum Gasteiger partial charge on any atom is 0.240 e. The molecule has 1 aromatic carbocycles. The predicted octanol–water partition coefficient (Wildman–Crippen LogP) is 2.61. The molecule has 2 aromatic rings. The molecule has 24 heavy (non-hydrogen) atoms. The fourth-order valence-electron chi connectivity index (χ4n) is 2.91. The number of aryl methyl sites for hydroxylation is 2. The number of aromatic nitrogens is 1. The Morgan fingerprint density at radius 2 is 2.21 bits per heavy atom. The van der Waals surface area contributed by atoms with Gasteiger partial charge in [0.15, 0.2) is 0 Å². The first-order valence-corrected chi connectivity index (χ1v) is 10.6. The number of nitrogens with zero attached hydrogens (tertiary/aromatic N) is 2. The SMILES string of the molecule is CCc1cnc(CCNS(=O)(=O)c2ccc3c(c2)N(C)CCC3)s1. The molecule has 0 fully saturated rings. The highest BCUT2D eigenvalue weighted by Crippen LogP contribution is 2.28. The van der Waals surface area contributed by atoms with Gasteiger partial charge in [-0.05, 0) is 37.0 Å². The van der Waals surface area contributed by atoms with Crippen LogP contribution in [0, 0.1) is 0 Å². The third-order valence-electron chi connectivity index (χ3n) is 4.30. The largest absolute Gasteiger partial charge is 0.374 e. The van der Waals surface area contributed by atoms with E-state index >= 15 is 0 Å². The summed E-state index contributed by atoms with van der Waals surface area (Å²) in [5.41, 5.74) is 2.24. The Morgan fingerprint density at radius 3 is 2.96 bits per heavy atom. The molecule has 0 saturated carbocycles. The van der Waals surface area contributed by atoms with Crippen LogP contribution in [0.25, 0.3) is 0 Å². The minimum absolute atomic E-state index is 0.336. The molecule has 0 aliphatic carbocycles. The molecule has 1 N–H and O–H groups in total. The normalized spacial score (nSPS) is 14.7. The number of rotatable bonds is 6. The molecule has 1 aromatic heterocycles. The van der Waals surface area contributed by atoms with Gasteiger partial charge < -0.3 is 4.90 Å². The van der Waals surface area contributed by atoms with Gasteiger partial charge in [0.25, 0.3) is 0 Å². The van der Waals surface area contributed by atoms with Crippen LogP contribution in [0.3, 0.4) is 0 Å². The molecule has 0 spiro atoms. The number of hydrogen-bond acceptors (Lipinski definition) is 5. The summed E-state index contributed by atoms with van der Waals surface area (Å²) in [6.45, 7) is 3.42. The third-order valence-corrected chi connectivity index (χ3v) is 6.96. The number of nitrogens with one attached hydrogen (secondary N) is 1. The molecule has 2 heterocycles. The van der Waals surface area contributed by atoms with Gasteiger partial charge in [0, 0.05) is 43.3 Å². The van der Waals surface area contributed by atoms with Crippen LogP contribution in [0.5, 0.6) is 0 Å². The number of sulfonamides is 1. The lowest BCUT2D eigenvalue weighted by atomic mass is 10.0. The van der Waals surface area contributed by atoms with Gasteiger partial charge in [0.05, 0.1) is 9.90 Å². The highest BCUT2D eigenvalue weighted by Gasteiger charge is 2.19. The highest BCUT2D eigenvalue weighted by molar-refractivity contribution is 7.89. The Morgan fingerprint density at radius 1 is 1.38 bits per heavy atom. The van der Waals surface area contributed by atoms with E-state index in [1.54, 1.807) is 23.5 Å². The zero-order chi connectivity index (χ0) is 17.2. The highest BCUT2D eigenvalue weighted by atomic mass is 32.2. The van der Waals surface area contributed by atoms with E-state index in [1.807, 2.05) is 19.3 Å². The molecular formula is C17H23N3O2S2. The van der Waals surface area contributed by atoms with E-state index in [1.165, 1.54) is 10.4 Å². The number of thiazole rings is 1. The molecule has 1 aliphatic rings. The topological polar surface area (TPSA) is 62.3 Å². The minimum Gasteiger partial charge on any atom is -0.374 e. The second-order valence-electron chi connectivity index (χ2n) is 6.04. The molecule has 3 rings (SSSR count). The van der Waals surface area contributed by atoms with Gasteiger partial charge in [-0.15, -0.1) is 11.3 Å². The van der Waals surface area contributed by atoms with Crippen molar-refractivity contribution in [2.75, 3.05) is 25.0 Å². The van der Waals surface area contributed by atoms with Gasteiger partial charge in [0.1, 0.15) is 0 Å². The van der Waals surface area contributed by atoms with Gasteiger partial charge in [-0.2, -0.15) is 0 Å². The Bertz CT molecular complexity index is 815. The second-order valence-corrected chi connectivity index (χ2v) is 9.00. The van der Waals surface area contributed by atoms with Gasteiger partial charge in [-0.25, -0.2) is 18.1 Å². The van der Waals surface area contributed by atoms with Crippen molar-refractivity contribution in [3.8, 4) is 0 Å². The minimum atomic E-state index is -3.49. The molecule has 1 aliphatic heterocycles. The Labute approximate surface area is 147 Å². The number of hydrogen-bond donors (Lipinski definition) is 1. The van der Waals surface area contributed by atoms with Gasteiger partial charge >= 0.3 is 0 Å². The lowest BCUT2D eigenvalue weighted by Crippen LogP contribution is -2.28. The summed E-state index contributed by atoms with van der Waals surface area (Å²) >= 11 is 1.65. The molecule has 0 radical (unpaired) electrons.